The first-order chi connectivity index (χ1) is 7.79. The van der Waals surface area contributed by atoms with Crippen LogP contribution < -0.4 is 10.3 Å². The fourth-order valence-electron chi connectivity index (χ4n) is 1.56. The number of nitrogens with one attached hydrogen (secondary N) is 1. The zero-order valence-corrected chi connectivity index (χ0v) is 9.32. The Labute approximate surface area is 94.1 Å². The van der Waals surface area contributed by atoms with Crippen LogP contribution in [0.15, 0.2) is 35.1 Å². The second kappa shape index (κ2) is 4.84. The molecule has 0 amide bonds. The summed E-state index contributed by atoms with van der Waals surface area (Å²) in [6.45, 7) is 2.87. The van der Waals surface area contributed by atoms with Gasteiger partial charge >= 0.3 is 0 Å². The predicted molar refractivity (Wildman–Crippen MR) is 65.0 cm³/mol. The Morgan fingerprint density at radius 1 is 1.25 bits per heavy atom. The van der Waals surface area contributed by atoms with Crippen LogP contribution in [0, 0.1) is 0 Å². The van der Waals surface area contributed by atoms with E-state index in [4.69, 9.17) is 4.74 Å². The smallest absolute Gasteiger partial charge is 0.248 e. The fourth-order valence-corrected chi connectivity index (χ4v) is 1.56. The van der Waals surface area contributed by atoms with Gasteiger partial charge in [-0.1, -0.05) is 13.3 Å². The van der Waals surface area contributed by atoms with Crippen molar-refractivity contribution in [3.63, 3.8) is 0 Å². The molecule has 16 heavy (non-hydrogen) atoms. The molecule has 84 valence electrons. The summed E-state index contributed by atoms with van der Waals surface area (Å²) in [6, 6.07) is 9.03. The lowest BCUT2D eigenvalue weighted by atomic mass is 10.2. The van der Waals surface area contributed by atoms with E-state index in [2.05, 4.69) is 11.9 Å². The normalized spacial score (nSPS) is 10.6. The van der Waals surface area contributed by atoms with Gasteiger partial charge in [-0.3, -0.25) is 4.79 Å². The van der Waals surface area contributed by atoms with Gasteiger partial charge in [-0.2, -0.15) is 0 Å². The zero-order valence-electron chi connectivity index (χ0n) is 9.32. The molecular weight excluding hydrogens is 202 g/mol. The maximum absolute atomic E-state index is 11.1. The summed E-state index contributed by atoms with van der Waals surface area (Å²) in [6.07, 6.45) is 2.19. The standard InChI is InChI=1S/C13H15NO2/c1-2-3-8-16-11-5-6-12-10(9-11)4-7-13(15)14-12/h4-7,9H,2-3,8H2,1H3,(H,14,15). The van der Waals surface area contributed by atoms with E-state index in [1.165, 1.54) is 6.07 Å². The zero-order chi connectivity index (χ0) is 11.4. The molecule has 0 fully saturated rings. The maximum Gasteiger partial charge on any atom is 0.248 e. The summed E-state index contributed by atoms with van der Waals surface area (Å²) < 4.78 is 5.59. The van der Waals surface area contributed by atoms with Gasteiger partial charge in [0.2, 0.25) is 5.56 Å². The number of hydrogen-bond donors (Lipinski definition) is 1. The lowest BCUT2D eigenvalue weighted by molar-refractivity contribution is 0.310. The number of aromatic amines is 1. The van der Waals surface area contributed by atoms with Gasteiger partial charge in [-0.15, -0.1) is 0 Å². The van der Waals surface area contributed by atoms with Crippen LogP contribution in [0.2, 0.25) is 0 Å². The molecule has 0 atom stereocenters. The average Bonchev–Trinajstić information content (AvgIpc) is 2.29. The van der Waals surface area contributed by atoms with Crippen molar-refractivity contribution in [2.45, 2.75) is 19.8 Å². The molecule has 0 radical (unpaired) electrons. The molecule has 0 unspecified atom stereocenters. The first kappa shape index (κ1) is 10.7. The van der Waals surface area contributed by atoms with Crippen molar-refractivity contribution in [2.75, 3.05) is 6.61 Å². The topological polar surface area (TPSA) is 42.1 Å². The van der Waals surface area contributed by atoms with Crippen LogP contribution in [0.3, 0.4) is 0 Å². The SMILES string of the molecule is CCCCOc1ccc2[nH]c(=O)ccc2c1. The van der Waals surface area contributed by atoms with Gasteiger partial charge in [0.05, 0.1) is 6.61 Å². The number of ether oxygens (including phenoxy) is 1. The highest BCUT2D eigenvalue weighted by Gasteiger charge is 1.97. The monoisotopic (exact) mass is 217 g/mol. The molecule has 1 aromatic carbocycles. The van der Waals surface area contributed by atoms with Gasteiger partial charge in [0, 0.05) is 17.0 Å². The molecule has 0 aliphatic rings. The maximum atomic E-state index is 11.1. The van der Waals surface area contributed by atoms with Gasteiger partial charge in [-0.05, 0) is 30.7 Å². The van der Waals surface area contributed by atoms with E-state index in [0.717, 1.165) is 36.1 Å². The Bertz CT molecular complexity index is 531. The lowest BCUT2D eigenvalue weighted by Gasteiger charge is -2.06. The van der Waals surface area contributed by atoms with Crippen molar-refractivity contribution in [1.82, 2.24) is 4.98 Å². The highest BCUT2D eigenvalue weighted by molar-refractivity contribution is 5.79. The number of hydrogen-bond acceptors (Lipinski definition) is 2. The Kier molecular flexibility index (Phi) is 3.25. The van der Waals surface area contributed by atoms with Crippen molar-refractivity contribution in [1.29, 1.82) is 0 Å². The number of aromatic nitrogens is 1. The second-order valence-corrected chi connectivity index (χ2v) is 3.77. The highest BCUT2D eigenvalue weighted by Crippen LogP contribution is 2.18. The molecule has 0 bridgehead atoms. The van der Waals surface area contributed by atoms with Crippen LogP contribution in [0.1, 0.15) is 19.8 Å². The summed E-state index contributed by atoms with van der Waals surface area (Å²) >= 11 is 0. The summed E-state index contributed by atoms with van der Waals surface area (Å²) in [5.74, 6) is 0.855. The van der Waals surface area contributed by atoms with Gasteiger partial charge in [-0.25, -0.2) is 0 Å². The molecule has 0 aliphatic carbocycles. The van der Waals surface area contributed by atoms with Crippen LogP contribution in [0.25, 0.3) is 10.9 Å². The third-order valence-electron chi connectivity index (χ3n) is 2.46. The Morgan fingerprint density at radius 3 is 2.94 bits per heavy atom. The third kappa shape index (κ3) is 2.42. The van der Waals surface area contributed by atoms with Crippen molar-refractivity contribution in [3.05, 3.63) is 40.7 Å². The van der Waals surface area contributed by atoms with E-state index >= 15 is 0 Å². The van der Waals surface area contributed by atoms with Gasteiger partial charge < -0.3 is 9.72 Å². The molecule has 1 N–H and O–H groups in total. The second-order valence-electron chi connectivity index (χ2n) is 3.77. The number of benzene rings is 1. The van der Waals surface area contributed by atoms with E-state index in [0.29, 0.717) is 0 Å². The number of H-pyrrole nitrogens is 1. The fraction of sp³-hybridized carbons (Fsp3) is 0.308. The van der Waals surface area contributed by atoms with Gasteiger partial charge in [0.15, 0.2) is 0 Å². The first-order valence-corrected chi connectivity index (χ1v) is 5.55. The molecule has 3 nitrogen and oxygen atoms in total. The third-order valence-corrected chi connectivity index (χ3v) is 2.46. The van der Waals surface area contributed by atoms with Crippen molar-refractivity contribution < 1.29 is 4.74 Å². The Hall–Kier alpha value is -1.77. The van der Waals surface area contributed by atoms with Crippen LogP contribution in [-0.2, 0) is 0 Å². The minimum absolute atomic E-state index is 0.0767. The average molecular weight is 217 g/mol. The molecule has 0 saturated carbocycles. The molecule has 2 rings (SSSR count). The summed E-state index contributed by atoms with van der Waals surface area (Å²) in [4.78, 5) is 13.9. The summed E-state index contributed by atoms with van der Waals surface area (Å²) in [7, 11) is 0. The predicted octanol–water partition coefficient (Wildman–Crippen LogP) is 2.71. The van der Waals surface area contributed by atoms with E-state index < -0.39 is 0 Å². The molecule has 1 aromatic heterocycles. The van der Waals surface area contributed by atoms with Crippen LogP contribution >= 0.6 is 0 Å². The lowest BCUT2D eigenvalue weighted by Crippen LogP contribution is -2.02. The number of pyridine rings is 1. The van der Waals surface area contributed by atoms with E-state index in [9.17, 15) is 4.79 Å². The van der Waals surface area contributed by atoms with Crippen LogP contribution in [-0.4, -0.2) is 11.6 Å². The molecule has 3 heteroatoms. The summed E-state index contributed by atoms with van der Waals surface area (Å²) in [5, 5.41) is 0.994. The molecular formula is C13H15NO2. The van der Waals surface area contributed by atoms with Crippen molar-refractivity contribution >= 4 is 10.9 Å². The van der Waals surface area contributed by atoms with Crippen molar-refractivity contribution in [3.8, 4) is 5.75 Å². The minimum atomic E-state index is -0.0767. The van der Waals surface area contributed by atoms with Gasteiger partial charge in [0.25, 0.3) is 0 Å². The number of rotatable bonds is 4. The number of unbranched alkanes of at least 4 members (excludes halogenated alkanes) is 1. The first-order valence-electron chi connectivity index (χ1n) is 5.55. The molecule has 0 spiro atoms. The largest absolute Gasteiger partial charge is 0.494 e. The molecule has 1 heterocycles. The van der Waals surface area contributed by atoms with Gasteiger partial charge in [0.1, 0.15) is 5.75 Å². The van der Waals surface area contributed by atoms with E-state index in [-0.39, 0.29) is 5.56 Å². The molecule has 2 aromatic rings. The van der Waals surface area contributed by atoms with E-state index in [1.54, 1.807) is 6.07 Å². The van der Waals surface area contributed by atoms with Crippen molar-refractivity contribution in [2.24, 2.45) is 0 Å². The molecule has 0 aliphatic heterocycles. The van der Waals surface area contributed by atoms with E-state index in [1.807, 2.05) is 18.2 Å². The highest BCUT2D eigenvalue weighted by atomic mass is 16.5. The van der Waals surface area contributed by atoms with Crippen LogP contribution in [0.5, 0.6) is 5.75 Å². The quantitative estimate of drug-likeness (QED) is 0.800. The summed E-state index contributed by atoms with van der Waals surface area (Å²) in [5.41, 5.74) is 0.766. The molecule has 0 saturated heterocycles. The number of fused-ring (bicyclic) bond motifs is 1. The van der Waals surface area contributed by atoms with Crippen LogP contribution in [0.4, 0.5) is 0 Å². The Morgan fingerprint density at radius 2 is 2.12 bits per heavy atom. The Balaban J connectivity index is 2.23. The minimum Gasteiger partial charge on any atom is -0.494 e.